The number of halogens is 2. The second-order valence-electron chi connectivity index (χ2n) is 4.81. The van der Waals surface area contributed by atoms with Crippen molar-refractivity contribution in [3.8, 4) is 5.69 Å². The van der Waals surface area contributed by atoms with Gasteiger partial charge in [-0.2, -0.15) is 0 Å². The fraction of sp³-hybridized carbons (Fsp3) is 0.286. The average Bonchev–Trinajstić information content (AvgIpc) is 2.62. The number of amides is 1. The molecule has 0 saturated heterocycles. The van der Waals surface area contributed by atoms with Crippen molar-refractivity contribution in [2.45, 2.75) is 25.8 Å². The number of hydrogen-bond donors (Lipinski definition) is 1. The number of carbonyl (C=O) groups excluding carboxylic acids is 1. The molecule has 0 aliphatic carbocycles. The zero-order chi connectivity index (χ0) is 14.3. The van der Waals surface area contributed by atoms with E-state index in [1.807, 2.05) is 22.8 Å². The summed E-state index contributed by atoms with van der Waals surface area (Å²) in [5, 5.41) is 3.55. The number of imidazole rings is 1. The lowest BCUT2D eigenvalue weighted by Crippen LogP contribution is -2.27. The largest absolute Gasteiger partial charge is 0.346 e. The summed E-state index contributed by atoms with van der Waals surface area (Å²) < 4.78 is 1.83. The normalized spacial score (nSPS) is 17.1. The van der Waals surface area contributed by atoms with Crippen LogP contribution < -0.4 is 5.32 Å². The van der Waals surface area contributed by atoms with Gasteiger partial charge in [0.15, 0.2) is 10.3 Å². The van der Waals surface area contributed by atoms with E-state index in [2.05, 4.69) is 16.4 Å². The third-order valence-electron chi connectivity index (χ3n) is 3.43. The highest BCUT2D eigenvalue weighted by Gasteiger charge is 2.27. The molecule has 2 heterocycles. The minimum Gasteiger partial charge on any atom is -0.346 e. The topological polar surface area (TPSA) is 46.9 Å². The van der Waals surface area contributed by atoms with Gasteiger partial charge in [0.2, 0.25) is 5.91 Å². The fourth-order valence-electron chi connectivity index (χ4n) is 2.60. The van der Waals surface area contributed by atoms with Crippen molar-refractivity contribution in [1.82, 2.24) is 14.9 Å². The minimum atomic E-state index is -0.190. The van der Waals surface area contributed by atoms with Crippen molar-refractivity contribution in [2.24, 2.45) is 0 Å². The van der Waals surface area contributed by atoms with Gasteiger partial charge in [0.1, 0.15) is 5.82 Å². The summed E-state index contributed by atoms with van der Waals surface area (Å²) in [6.07, 6.45) is 1.61. The number of hydrogen-bond acceptors (Lipinski definition) is 2. The highest BCUT2D eigenvalue weighted by atomic mass is 35.5. The van der Waals surface area contributed by atoms with E-state index in [0.717, 1.165) is 24.1 Å². The second-order valence-corrected chi connectivity index (χ2v) is 5.52. The van der Waals surface area contributed by atoms with Crippen LogP contribution in [0.2, 0.25) is 10.3 Å². The van der Waals surface area contributed by atoms with Crippen molar-refractivity contribution < 1.29 is 4.79 Å². The van der Waals surface area contributed by atoms with E-state index < -0.39 is 0 Å². The molecule has 0 radical (unpaired) electrons. The van der Waals surface area contributed by atoms with E-state index >= 15 is 0 Å². The smallest absolute Gasteiger partial charge is 0.217 e. The zero-order valence-corrected chi connectivity index (χ0v) is 12.4. The van der Waals surface area contributed by atoms with Gasteiger partial charge in [-0.1, -0.05) is 41.4 Å². The third kappa shape index (κ3) is 2.19. The maximum Gasteiger partial charge on any atom is 0.217 e. The fourth-order valence-corrected chi connectivity index (χ4v) is 2.99. The Morgan fingerprint density at radius 3 is 2.90 bits per heavy atom. The maximum absolute atomic E-state index is 11.4. The highest BCUT2D eigenvalue weighted by molar-refractivity contribution is 6.40. The van der Waals surface area contributed by atoms with E-state index in [0.29, 0.717) is 11.0 Å². The molecule has 6 heteroatoms. The summed E-state index contributed by atoms with van der Waals surface area (Å²) in [7, 11) is 0. The first-order valence-corrected chi connectivity index (χ1v) is 7.12. The maximum atomic E-state index is 11.4. The Bertz CT molecular complexity index is 681. The summed E-state index contributed by atoms with van der Waals surface area (Å²) >= 11 is 12.3. The van der Waals surface area contributed by atoms with Crippen LogP contribution in [0.4, 0.5) is 0 Å². The molecule has 4 nitrogen and oxygen atoms in total. The van der Waals surface area contributed by atoms with Gasteiger partial charge in [0.25, 0.3) is 0 Å². The SMILES string of the molecule is CC(=O)NC1CCc2ccccc2-n2c1nc(Cl)c2Cl. The summed E-state index contributed by atoms with van der Waals surface area (Å²) in [4.78, 5) is 15.7. The van der Waals surface area contributed by atoms with Crippen molar-refractivity contribution >= 4 is 29.1 Å². The molecule has 20 heavy (non-hydrogen) atoms. The highest BCUT2D eigenvalue weighted by Crippen LogP contribution is 2.35. The lowest BCUT2D eigenvalue weighted by atomic mass is 10.1. The van der Waals surface area contributed by atoms with Crippen LogP contribution in [0.1, 0.15) is 30.8 Å². The van der Waals surface area contributed by atoms with Gasteiger partial charge in [-0.3, -0.25) is 9.36 Å². The van der Waals surface area contributed by atoms with Gasteiger partial charge >= 0.3 is 0 Å². The van der Waals surface area contributed by atoms with Gasteiger partial charge in [0, 0.05) is 6.92 Å². The molecule has 1 N–H and O–H groups in total. The van der Waals surface area contributed by atoms with E-state index in [1.54, 1.807) is 0 Å². The predicted octanol–water partition coefficient (Wildman–Crippen LogP) is 3.30. The standard InChI is InChI=1S/C14H13Cl2N3O/c1-8(20)17-10-7-6-9-4-2-3-5-11(9)19-13(16)12(15)18-14(10)19/h2-5,10H,6-7H2,1H3,(H,17,20). The number of para-hydroxylation sites is 1. The Morgan fingerprint density at radius 2 is 2.15 bits per heavy atom. The molecule has 104 valence electrons. The number of carbonyl (C=O) groups is 1. The van der Waals surface area contributed by atoms with Gasteiger partial charge < -0.3 is 5.32 Å². The molecule has 0 fully saturated rings. The van der Waals surface area contributed by atoms with Crippen molar-refractivity contribution in [1.29, 1.82) is 0 Å². The number of fused-ring (bicyclic) bond motifs is 3. The Kier molecular flexibility index (Phi) is 3.44. The molecule has 1 aliphatic heterocycles. The summed E-state index contributed by atoms with van der Waals surface area (Å²) in [5.74, 6) is 0.586. The van der Waals surface area contributed by atoms with E-state index in [1.165, 1.54) is 6.92 Å². The van der Waals surface area contributed by atoms with E-state index in [9.17, 15) is 4.79 Å². The quantitative estimate of drug-likeness (QED) is 0.878. The van der Waals surface area contributed by atoms with Crippen LogP contribution in [0, 0.1) is 0 Å². The minimum absolute atomic E-state index is 0.0947. The van der Waals surface area contributed by atoms with Crippen molar-refractivity contribution in [2.75, 3.05) is 0 Å². The molecule has 1 unspecified atom stereocenters. The van der Waals surface area contributed by atoms with Crippen LogP contribution in [0.15, 0.2) is 24.3 Å². The van der Waals surface area contributed by atoms with Crippen LogP contribution in [-0.2, 0) is 11.2 Å². The number of nitrogens with one attached hydrogen (secondary N) is 1. The van der Waals surface area contributed by atoms with Crippen molar-refractivity contribution in [3.63, 3.8) is 0 Å². The molecule has 1 atom stereocenters. The zero-order valence-electron chi connectivity index (χ0n) is 10.9. The molecule has 1 aromatic carbocycles. The molecule has 1 amide bonds. The van der Waals surface area contributed by atoms with E-state index in [-0.39, 0.29) is 17.1 Å². The van der Waals surface area contributed by atoms with Gasteiger partial charge in [-0.05, 0) is 24.5 Å². The lowest BCUT2D eigenvalue weighted by Gasteiger charge is -2.15. The Labute approximate surface area is 126 Å². The number of aromatic nitrogens is 2. The number of aryl methyl sites for hydroxylation is 1. The first-order chi connectivity index (χ1) is 9.58. The molecular formula is C14H13Cl2N3O. The van der Waals surface area contributed by atoms with Gasteiger partial charge in [-0.25, -0.2) is 4.98 Å². The van der Waals surface area contributed by atoms with Crippen LogP contribution in [0.25, 0.3) is 5.69 Å². The first-order valence-electron chi connectivity index (χ1n) is 6.37. The third-order valence-corrected chi connectivity index (χ3v) is 4.14. The Morgan fingerprint density at radius 1 is 1.40 bits per heavy atom. The number of benzene rings is 1. The molecule has 0 spiro atoms. The first kappa shape index (κ1) is 13.5. The van der Waals surface area contributed by atoms with Crippen LogP contribution in [-0.4, -0.2) is 15.5 Å². The Hall–Kier alpha value is -1.52. The van der Waals surface area contributed by atoms with E-state index in [4.69, 9.17) is 23.2 Å². The molecule has 2 aromatic rings. The monoisotopic (exact) mass is 309 g/mol. The lowest BCUT2D eigenvalue weighted by molar-refractivity contribution is -0.119. The Balaban J connectivity index is 2.20. The summed E-state index contributed by atoms with van der Waals surface area (Å²) in [5.41, 5.74) is 2.14. The molecule has 0 bridgehead atoms. The average molecular weight is 310 g/mol. The van der Waals surface area contributed by atoms with Crippen molar-refractivity contribution in [3.05, 3.63) is 46.0 Å². The molecule has 0 saturated carbocycles. The van der Waals surface area contributed by atoms with Crippen LogP contribution in [0.3, 0.4) is 0 Å². The van der Waals surface area contributed by atoms with Gasteiger partial charge in [-0.15, -0.1) is 0 Å². The summed E-state index contributed by atoms with van der Waals surface area (Å²) in [6, 6.07) is 7.79. The summed E-state index contributed by atoms with van der Waals surface area (Å²) in [6.45, 7) is 1.49. The molecular weight excluding hydrogens is 297 g/mol. The van der Waals surface area contributed by atoms with Gasteiger partial charge in [0.05, 0.1) is 11.7 Å². The second kappa shape index (κ2) is 5.11. The predicted molar refractivity (Wildman–Crippen MR) is 78.5 cm³/mol. The van der Waals surface area contributed by atoms with Crippen LogP contribution >= 0.6 is 23.2 Å². The molecule has 3 rings (SSSR count). The van der Waals surface area contributed by atoms with Crippen LogP contribution in [0.5, 0.6) is 0 Å². The number of nitrogens with zero attached hydrogens (tertiary/aromatic N) is 2. The molecule has 1 aliphatic rings. The molecule has 1 aromatic heterocycles. The number of rotatable bonds is 1.